The average Bonchev–Trinajstić information content (AvgIpc) is 3.40. The molecule has 1 saturated heterocycles. The smallest absolute Gasteiger partial charge is 0.226 e. The predicted molar refractivity (Wildman–Crippen MR) is 153 cm³/mol. The molecule has 214 valence electrons. The van der Waals surface area contributed by atoms with Crippen molar-refractivity contribution >= 4 is 21.4 Å². The SMILES string of the molecule is CC1CC1(C#N)NC(=O)[C@@H]1CCCC[C@H]1c1oc(-c2ccc(F)cc2)nc1-c1ccc(N2CCS(=O)(=O)CC2)cc1. The van der Waals surface area contributed by atoms with E-state index in [1.807, 2.05) is 31.2 Å². The number of rotatable bonds is 6. The van der Waals surface area contributed by atoms with Crippen LogP contribution in [0.4, 0.5) is 10.1 Å². The normalized spacial score (nSPS) is 27.1. The molecule has 10 heteroatoms. The zero-order valence-corrected chi connectivity index (χ0v) is 23.8. The van der Waals surface area contributed by atoms with Crippen molar-refractivity contribution < 1.29 is 22.0 Å². The number of sulfone groups is 1. The van der Waals surface area contributed by atoms with E-state index < -0.39 is 15.4 Å². The second kappa shape index (κ2) is 10.6. The van der Waals surface area contributed by atoms with Crippen LogP contribution in [0.15, 0.2) is 52.9 Å². The van der Waals surface area contributed by atoms with Gasteiger partial charge in [-0.25, -0.2) is 17.8 Å². The molecular weight excluding hydrogens is 543 g/mol. The van der Waals surface area contributed by atoms with Gasteiger partial charge >= 0.3 is 0 Å². The Hall–Kier alpha value is -3.71. The molecule has 2 aromatic carbocycles. The van der Waals surface area contributed by atoms with Crippen molar-refractivity contribution in [3.63, 3.8) is 0 Å². The second-order valence-corrected chi connectivity index (χ2v) is 13.9. The first-order valence-corrected chi connectivity index (χ1v) is 16.1. The third-order valence-corrected chi connectivity index (χ3v) is 10.5. The molecule has 1 aromatic heterocycles. The van der Waals surface area contributed by atoms with Gasteiger partial charge in [-0.15, -0.1) is 0 Å². The number of carbonyl (C=O) groups is 1. The van der Waals surface area contributed by atoms with Crippen LogP contribution in [0.2, 0.25) is 0 Å². The monoisotopic (exact) mass is 576 g/mol. The summed E-state index contributed by atoms with van der Waals surface area (Å²) in [5.74, 6) is 0.322. The molecule has 8 nitrogen and oxygen atoms in total. The van der Waals surface area contributed by atoms with Gasteiger partial charge in [0.1, 0.15) is 22.8 Å². The van der Waals surface area contributed by atoms with Gasteiger partial charge in [-0.3, -0.25) is 4.79 Å². The molecule has 0 bridgehead atoms. The molecule has 1 amide bonds. The maximum atomic E-state index is 13.7. The molecule has 4 atom stereocenters. The van der Waals surface area contributed by atoms with E-state index in [4.69, 9.17) is 9.40 Å². The molecule has 6 rings (SSSR count). The Bertz CT molecular complexity index is 1580. The summed E-state index contributed by atoms with van der Waals surface area (Å²) in [6.45, 7) is 2.87. The number of carbonyl (C=O) groups excluding carboxylic acids is 1. The summed E-state index contributed by atoms with van der Waals surface area (Å²) >= 11 is 0. The first-order chi connectivity index (χ1) is 19.7. The van der Waals surface area contributed by atoms with Gasteiger partial charge in [0, 0.05) is 41.7 Å². The van der Waals surface area contributed by atoms with Crippen molar-refractivity contribution in [2.24, 2.45) is 11.8 Å². The summed E-state index contributed by atoms with van der Waals surface area (Å²) in [6, 6.07) is 16.1. The van der Waals surface area contributed by atoms with E-state index in [9.17, 15) is 22.9 Å². The highest BCUT2D eigenvalue weighted by atomic mass is 32.2. The Morgan fingerprint density at radius 3 is 2.34 bits per heavy atom. The van der Waals surface area contributed by atoms with E-state index in [0.29, 0.717) is 48.8 Å². The first-order valence-electron chi connectivity index (χ1n) is 14.2. The van der Waals surface area contributed by atoms with Gasteiger partial charge in [-0.05, 0) is 61.6 Å². The minimum absolute atomic E-state index is 0.123. The minimum atomic E-state index is -2.98. The number of nitriles is 1. The molecule has 3 aliphatic rings. The van der Waals surface area contributed by atoms with Crippen molar-refractivity contribution in [1.82, 2.24) is 10.3 Å². The number of nitrogens with zero attached hydrogens (tertiary/aromatic N) is 3. The maximum Gasteiger partial charge on any atom is 0.226 e. The minimum Gasteiger partial charge on any atom is -0.440 e. The number of nitrogens with one attached hydrogen (secondary N) is 1. The van der Waals surface area contributed by atoms with Gasteiger partial charge in [-0.1, -0.05) is 31.9 Å². The molecular formula is C31H33FN4O4S. The third kappa shape index (κ3) is 5.47. The van der Waals surface area contributed by atoms with Crippen LogP contribution in [0.3, 0.4) is 0 Å². The Labute approximate surface area is 239 Å². The summed E-state index contributed by atoms with van der Waals surface area (Å²) in [5, 5.41) is 12.7. The van der Waals surface area contributed by atoms with E-state index in [1.54, 1.807) is 12.1 Å². The Morgan fingerprint density at radius 1 is 1.07 bits per heavy atom. The number of aromatic nitrogens is 1. The van der Waals surface area contributed by atoms with Gasteiger partial charge in [0.2, 0.25) is 11.8 Å². The quantitative estimate of drug-likeness (QED) is 0.435. The van der Waals surface area contributed by atoms with Crippen molar-refractivity contribution in [2.45, 2.75) is 50.5 Å². The number of amides is 1. The Morgan fingerprint density at radius 2 is 1.71 bits per heavy atom. The zero-order chi connectivity index (χ0) is 28.8. The Kier molecular flexibility index (Phi) is 7.10. The lowest BCUT2D eigenvalue weighted by Gasteiger charge is -2.30. The van der Waals surface area contributed by atoms with Crippen LogP contribution in [0.5, 0.6) is 0 Å². The van der Waals surface area contributed by atoms with E-state index in [1.165, 1.54) is 12.1 Å². The highest BCUT2D eigenvalue weighted by molar-refractivity contribution is 7.91. The average molecular weight is 577 g/mol. The van der Waals surface area contributed by atoms with Crippen molar-refractivity contribution in [1.29, 1.82) is 5.26 Å². The molecule has 2 saturated carbocycles. The number of oxazole rings is 1. The zero-order valence-electron chi connectivity index (χ0n) is 23.0. The first kappa shape index (κ1) is 27.5. The van der Waals surface area contributed by atoms with Gasteiger partial charge in [-0.2, -0.15) is 5.26 Å². The van der Waals surface area contributed by atoms with Crippen LogP contribution in [-0.4, -0.2) is 49.4 Å². The lowest BCUT2D eigenvalue weighted by molar-refractivity contribution is -0.127. The van der Waals surface area contributed by atoms with Crippen molar-refractivity contribution in [3.8, 4) is 28.8 Å². The van der Waals surface area contributed by atoms with E-state index in [0.717, 1.165) is 30.5 Å². The molecule has 2 unspecified atom stereocenters. The molecule has 3 fully saturated rings. The molecule has 2 heterocycles. The molecule has 3 aromatic rings. The number of hydrogen-bond donors (Lipinski definition) is 1. The van der Waals surface area contributed by atoms with Crippen LogP contribution in [-0.2, 0) is 14.6 Å². The topological polar surface area (TPSA) is 116 Å². The molecule has 0 spiro atoms. The fourth-order valence-corrected chi connectivity index (χ4v) is 7.36. The van der Waals surface area contributed by atoms with E-state index in [-0.39, 0.29) is 41.0 Å². The summed E-state index contributed by atoms with van der Waals surface area (Å²) < 4.78 is 43.8. The molecule has 0 radical (unpaired) electrons. The summed E-state index contributed by atoms with van der Waals surface area (Å²) in [7, 11) is -2.98. The summed E-state index contributed by atoms with van der Waals surface area (Å²) in [5.41, 5.74) is 2.24. The molecule has 2 aliphatic carbocycles. The number of anilines is 1. The summed E-state index contributed by atoms with van der Waals surface area (Å²) in [4.78, 5) is 20.5. The molecule has 1 N–H and O–H groups in total. The molecule has 1 aliphatic heterocycles. The lowest BCUT2D eigenvalue weighted by atomic mass is 9.76. The Balaban J connectivity index is 1.34. The predicted octanol–water partition coefficient (Wildman–Crippen LogP) is 5.07. The van der Waals surface area contributed by atoms with Crippen LogP contribution in [0, 0.1) is 29.0 Å². The van der Waals surface area contributed by atoms with Crippen LogP contribution in [0.1, 0.15) is 50.7 Å². The largest absolute Gasteiger partial charge is 0.440 e. The maximum absolute atomic E-state index is 13.7. The van der Waals surface area contributed by atoms with Crippen LogP contribution >= 0.6 is 0 Å². The van der Waals surface area contributed by atoms with Gasteiger partial charge in [0.15, 0.2) is 9.84 Å². The van der Waals surface area contributed by atoms with E-state index >= 15 is 0 Å². The highest BCUT2D eigenvalue weighted by Gasteiger charge is 2.54. The highest BCUT2D eigenvalue weighted by Crippen LogP contribution is 2.46. The fraction of sp³-hybridized carbons (Fsp3) is 0.452. The fourth-order valence-electron chi connectivity index (χ4n) is 6.16. The molecule has 41 heavy (non-hydrogen) atoms. The van der Waals surface area contributed by atoms with Crippen molar-refractivity contribution in [3.05, 3.63) is 60.1 Å². The van der Waals surface area contributed by atoms with Gasteiger partial charge in [0.05, 0.1) is 17.6 Å². The van der Waals surface area contributed by atoms with Gasteiger partial charge in [0.25, 0.3) is 0 Å². The summed E-state index contributed by atoms with van der Waals surface area (Å²) in [6.07, 6.45) is 3.95. The lowest BCUT2D eigenvalue weighted by Crippen LogP contribution is -2.43. The van der Waals surface area contributed by atoms with Crippen LogP contribution in [0.25, 0.3) is 22.7 Å². The van der Waals surface area contributed by atoms with Crippen LogP contribution < -0.4 is 10.2 Å². The number of hydrogen-bond acceptors (Lipinski definition) is 7. The number of halogens is 1. The number of benzene rings is 2. The second-order valence-electron chi connectivity index (χ2n) is 11.6. The van der Waals surface area contributed by atoms with Crippen molar-refractivity contribution in [2.75, 3.05) is 29.5 Å². The standard InChI is InChI=1S/C31H33FN4O4S/c1-20-18-31(20,19-33)35-29(37)26-5-3-2-4-25(26)28-27(34-30(40-28)22-6-10-23(32)11-7-22)21-8-12-24(13-9-21)36-14-16-41(38,39)17-15-36/h6-13,20,25-26H,2-5,14-18H2,1H3,(H,35,37)/t20?,25-,26-,31?/m1/s1. The van der Waals surface area contributed by atoms with Gasteiger partial charge < -0.3 is 14.6 Å². The third-order valence-electron chi connectivity index (χ3n) is 8.89. The van der Waals surface area contributed by atoms with E-state index in [2.05, 4.69) is 16.3 Å².